The third-order valence-corrected chi connectivity index (χ3v) is 2.93. The SMILES string of the molecule is CC(C)(C)c1ccc(COCCC#CCBr)cc1. The van der Waals surface area contributed by atoms with Gasteiger partial charge in [0.2, 0.25) is 0 Å². The summed E-state index contributed by atoms with van der Waals surface area (Å²) in [7, 11) is 0. The fourth-order valence-corrected chi connectivity index (χ4v) is 1.75. The minimum absolute atomic E-state index is 0.213. The monoisotopic (exact) mass is 308 g/mol. The zero-order chi connectivity index (χ0) is 13.4. The third-order valence-electron chi connectivity index (χ3n) is 2.65. The molecular weight excluding hydrogens is 288 g/mol. The third kappa shape index (κ3) is 5.71. The second kappa shape index (κ2) is 7.61. The van der Waals surface area contributed by atoms with Gasteiger partial charge in [-0.05, 0) is 16.5 Å². The Hall–Kier alpha value is -0.780. The molecule has 0 bridgehead atoms. The van der Waals surface area contributed by atoms with E-state index in [9.17, 15) is 0 Å². The summed E-state index contributed by atoms with van der Waals surface area (Å²) < 4.78 is 5.57. The van der Waals surface area contributed by atoms with Crippen LogP contribution in [-0.2, 0) is 16.8 Å². The Kier molecular flexibility index (Phi) is 6.46. The minimum Gasteiger partial charge on any atom is -0.376 e. The van der Waals surface area contributed by atoms with Crippen LogP contribution in [0, 0.1) is 11.8 Å². The Labute approximate surface area is 119 Å². The zero-order valence-corrected chi connectivity index (χ0v) is 13.0. The van der Waals surface area contributed by atoms with Crippen LogP contribution in [0.2, 0.25) is 0 Å². The van der Waals surface area contributed by atoms with Gasteiger partial charge in [0, 0.05) is 6.42 Å². The summed E-state index contributed by atoms with van der Waals surface area (Å²) in [6, 6.07) is 8.65. The molecule has 1 aromatic carbocycles. The fourth-order valence-electron chi connectivity index (χ4n) is 1.55. The van der Waals surface area contributed by atoms with Crippen molar-refractivity contribution in [2.24, 2.45) is 0 Å². The van der Waals surface area contributed by atoms with Crippen molar-refractivity contribution in [2.45, 2.75) is 39.2 Å². The fraction of sp³-hybridized carbons (Fsp3) is 0.500. The predicted molar refractivity (Wildman–Crippen MR) is 81.0 cm³/mol. The van der Waals surface area contributed by atoms with Gasteiger partial charge in [0.05, 0.1) is 18.5 Å². The first-order chi connectivity index (χ1) is 8.54. The minimum atomic E-state index is 0.213. The molecule has 1 rings (SSSR count). The van der Waals surface area contributed by atoms with E-state index in [0.717, 1.165) is 11.8 Å². The highest BCUT2D eigenvalue weighted by Gasteiger charge is 2.12. The molecule has 0 N–H and O–H groups in total. The lowest BCUT2D eigenvalue weighted by molar-refractivity contribution is 0.126. The van der Waals surface area contributed by atoms with E-state index in [-0.39, 0.29) is 5.41 Å². The van der Waals surface area contributed by atoms with Gasteiger partial charge in [-0.2, -0.15) is 0 Å². The summed E-state index contributed by atoms with van der Waals surface area (Å²) in [5, 5.41) is 0.737. The molecule has 0 aliphatic carbocycles. The van der Waals surface area contributed by atoms with Gasteiger partial charge in [-0.3, -0.25) is 0 Å². The van der Waals surface area contributed by atoms with Gasteiger partial charge in [-0.25, -0.2) is 0 Å². The molecular formula is C16H21BrO. The molecule has 0 spiro atoms. The van der Waals surface area contributed by atoms with Gasteiger partial charge >= 0.3 is 0 Å². The van der Waals surface area contributed by atoms with Crippen LogP contribution in [0.15, 0.2) is 24.3 Å². The van der Waals surface area contributed by atoms with Crippen LogP contribution >= 0.6 is 15.9 Å². The summed E-state index contributed by atoms with van der Waals surface area (Å²) in [5.74, 6) is 5.99. The summed E-state index contributed by atoms with van der Waals surface area (Å²) >= 11 is 3.26. The second-order valence-electron chi connectivity index (χ2n) is 5.24. The van der Waals surface area contributed by atoms with E-state index < -0.39 is 0 Å². The Balaban J connectivity index is 2.36. The van der Waals surface area contributed by atoms with Crippen molar-refractivity contribution in [3.8, 4) is 11.8 Å². The number of hydrogen-bond acceptors (Lipinski definition) is 1. The van der Waals surface area contributed by atoms with E-state index in [1.165, 1.54) is 11.1 Å². The zero-order valence-electron chi connectivity index (χ0n) is 11.4. The highest BCUT2D eigenvalue weighted by molar-refractivity contribution is 9.09. The van der Waals surface area contributed by atoms with Crippen LogP contribution in [0.1, 0.15) is 38.3 Å². The maximum absolute atomic E-state index is 5.57. The molecule has 0 unspecified atom stereocenters. The Morgan fingerprint density at radius 1 is 1.11 bits per heavy atom. The summed E-state index contributed by atoms with van der Waals surface area (Å²) in [4.78, 5) is 0. The summed E-state index contributed by atoms with van der Waals surface area (Å²) in [6.07, 6.45) is 0.797. The van der Waals surface area contributed by atoms with Crippen molar-refractivity contribution >= 4 is 15.9 Å². The van der Waals surface area contributed by atoms with Crippen molar-refractivity contribution in [3.05, 3.63) is 35.4 Å². The van der Waals surface area contributed by atoms with Gasteiger partial charge in [-0.1, -0.05) is 66.9 Å². The number of halogens is 1. The van der Waals surface area contributed by atoms with Gasteiger partial charge in [0.25, 0.3) is 0 Å². The van der Waals surface area contributed by atoms with Crippen LogP contribution in [0.3, 0.4) is 0 Å². The van der Waals surface area contributed by atoms with Gasteiger partial charge < -0.3 is 4.74 Å². The van der Waals surface area contributed by atoms with E-state index in [1.807, 2.05) is 0 Å². The average Bonchev–Trinajstić information content (AvgIpc) is 2.33. The Bertz CT molecular complexity index is 403. The molecule has 18 heavy (non-hydrogen) atoms. The Morgan fingerprint density at radius 3 is 2.33 bits per heavy atom. The van der Waals surface area contributed by atoms with E-state index in [4.69, 9.17) is 4.74 Å². The normalized spacial score (nSPS) is 10.9. The maximum atomic E-state index is 5.57. The van der Waals surface area contributed by atoms with Crippen molar-refractivity contribution < 1.29 is 4.74 Å². The van der Waals surface area contributed by atoms with Crippen molar-refractivity contribution in [3.63, 3.8) is 0 Å². The topological polar surface area (TPSA) is 9.23 Å². The van der Waals surface area contributed by atoms with E-state index in [2.05, 4.69) is 72.8 Å². The molecule has 0 radical (unpaired) electrons. The van der Waals surface area contributed by atoms with Crippen LogP contribution in [0.5, 0.6) is 0 Å². The molecule has 0 atom stereocenters. The summed E-state index contributed by atoms with van der Waals surface area (Å²) in [6.45, 7) is 8.03. The van der Waals surface area contributed by atoms with Gasteiger partial charge in [0.15, 0.2) is 0 Å². The molecule has 0 amide bonds. The van der Waals surface area contributed by atoms with Crippen LogP contribution < -0.4 is 0 Å². The quantitative estimate of drug-likeness (QED) is 0.458. The summed E-state index contributed by atoms with van der Waals surface area (Å²) in [5.41, 5.74) is 2.79. The second-order valence-corrected chi connectivity index (χ2v) is 5.80. The lowest BCUT2D eigenvalue weighted by Gasteiger charge is -2.19. The maximum Gasteiger partial charge on any atom is 0.0717 e. The first kappa shape index (κ1) is 15.3. The smallest absolute Gasteiger partial charge is 0.0717 e. The van der Waals surface area contributed by atoms with Crippen molar-refractivity contribution in [1.29, 1.82) is 0 Å². The first-order valence-corrected chi connectivity index (χ1v) is 7.35. The molecule has 0 aliphatic heterocycles. The molecule has 0 heterocycles. The lowest BCUT2D eigenvalue weighted by atomic mass is 9.87. The number of ether oxygens (including phenoxy) is 1. The average molecular weight is 309 g/mol. The van der Waals surface area contributed by atoms with Crippen molar-refractivity contribution in [1.82, 2.24) is 0 Å². The van der Waals surface area contributed by atoms with Gasteiger partial charge in [-0.15, -0.1) is 5.92 Å². The molecule has 0 saturated carbocycles. The van der Waals surface area contributed by atoms with E-state index in [0.29, 0.717) is 13.2 Å². The highest BCUT2D eigenvalue weighted by Crippen LogP contribution is 2.22. The number of alkyl halides is 1. The number of rotatable bonds is 4. The molecule has 0 saturated heterocycles. The van der Waals surface area contributed by atoms with Crippen molar-refractivity contribution in [2.75, 3.05) is 11.9 Å². The molecule has 98 valence electrons. The number of hydrogen-bond donors (Lipinski definition) is 0. The largest absolute Gasteiger partial charge is 0.376 e. The van der Waals surface area contributed by atoms with E-state index in [1.54, 1.807) is 0 Å². The molecule has 2 heteroatoms. The highest BCUT2D eigenvalue weighted by atomic mass is 79.9. The molecule has 0 aromatic heterocycles. The standard InChI is InChI=1S/C16H21BrO/c1-16(2,3)15-9-7-14(8-10-15)13-18-12-6-4-5-11-17/h7-10H,6,11-13H2,1-3H3. The van der Waals surface area contributed by atoms with Crippen LogP contribution in [0.4, 0.5) is 0 Å². The van der Waals surface area contributed by atoms with Gasteiger partial charge in [0.1, 0.15) is 0 Å². The first-order valence-electron chi connectivity index (χ1n) is 6.23. The molecule has 0 aliphatic rings. The van der Waals surface area contributed by atoms with Crippen LogP contribution in [0.25, 0.3) is 0 Å². The lowest BCUT2D eigenvalue weighted by Crippen LogP contribution is -2.10. The molecule has 1 nitrogen and oxygen atoms in total. The molecule has 1 aromatic rings. The van der Waals surface area contributed by atoms with E-state index >= 15 is 0 Å². The molecule has 0 fully saturated rings. The van der Waals surface area contributed by atoms with Crippen LogP contribution in [-0.4, -0.2) is 11.9 Å². The number of benzene rings is 1. The Morgan fingerprint density at radius 2 is 1.78 bits per heavy atom. The predicted octanol–water partition coefficient (Wildman–Crippen LogP) is 4.29.